The number of rotatable bonds is 3. The second-order valence-corrected chi connectivity index (χ2v) is 4.19. The molecule has 0 radical (unpaired) electrons. The molecular formula is C10H15F2N3. The number of hydrogen-bond donors (Lipinski definition) is 2. The summed E-state index contributed by atoms with van der Waals surface area (Å²) in [7, 11) is 0. The third kappa shape index (κ3) is 2.53. The topological polar surface area (TPSA) is 40.7 Å². The van der Waals surface area contributed by atoms with Crippen LogP contribution in [0.25, 0.3) is 0 Å². The van der Waals surface area contributed by atoms with E-state index in [0.717, 1.165) is 32.9 Å². The molecular weight excluding hydrogens is 200 g/mol. The largest absolute Gasteiger partial charge is 0.341 e. The Balaban J connectivity index is 2.00. The van der Waals surface area contributed by atoms with Gasteiger partial charge < -0.3 is 10.3 Å². The minimum Gasteiger partial charge on any atom is -0.341 e. The van der Waals surface area contributed by atoms with Crippen molar-refractivity contribution in [2.75, 3.05) is 13.1 Å². The average molecular weight is 215 g/mol. The van der Waals surface area contributed by atoms with E-state index in [1.165, 1.54) is 6.20 Å². The number of alkyl halides is 2. The van der Waals surface area contributed by atoms with E-state index in [1.807, 2.05) is 0 Å². The summed E-state index contributed by atoms with van der Waals surface area (Å²) >= 11 is 0. The number of H-pyrrole nitrogens is 1. The van der Waals surface area contributed by atoms with Crippen molar-refractivity contribution in [3.8, 4) is 0 Å². The molecule has 0 bridgehead atoms. The number of imidazole rings is 1. The zero-order valence-electron chi connectivity index (χ0n) is 8.69. The van der Waals surface area contributed by atoms with Gasteiger partial charge in [0.1, 0.15) is 11.5 Å². The maximum Gasteiger partial charge on any atom is 0.286 e. The van der Waals surface area contributed by atoms with Gasteiger partial charge >= 0.3 is 0 Å². The minimum absolute atomic E-state index is 0.0940. The fourth-order valence-electron chi connectivity index (χ4n) is 1.85. The fourth-order valence-corrected chi connectivity index (χ4v) is 1.85. The first kappa shape index (κ1) is 10.5. The van der Waals surface area contributed by atoms with Crippen molar-refractivity contribution < 1.29 is 8.78 Å². The van der Waals surface area contributed by atoms with Crippen LogP contribution in [0.4, 0.5) is 8.78 Å². The second kappa shape index (κ2) is 3.89. The lowest BCUT2D eigenvalue weighted by Gasteiger charge is -2.07. The molecule has 1 fully saturated rings. The van der Waals surface area contributed by atoms with Gasteiger partial charge in [-0.15, -0.1) is 0 Å². The van der Waals surface area contributed by atoms with Crippen molar-refractivity contribution in [3.05, 3.63) is 17.7 Å². The van der Waals surface area contributed by atoms with E-state index in [1.54, 1.807) is 0 Å². The van der Waals surface area contributed by atoms with E-state index in [9.17, 15) is 8.78 Å². The van der Waals surface area contributed by atoms with E-state index >= 15 is 0 Å². The number of halogens is 2. The lowest BCUT2D eigenvalue weighted by atomic mass is 10.1. The van der Waals surface area contributed by atoms with Gasteiger partial charge in [0.15, 0.2) is 0 Å². The first-order valence-corrected chi connectivity index (χ1v) is 5.18. The summed E-state index contributed by atoms with van der Waals surface area (Å²) < 4.78 is 25.8. The third-order valence-corrected chi connectivity index (χ3v) is 2.75. The molecule has 0 amide bonds. The normalized spacial score (nSPS) is 22.2. The summed E-state index contributed by atoms with van der Waals surface area (Å²) in [5.74, 6) is -1.63. The molecule has 1 saturated heterocycles. The molecule has 2 N–H and O–H groups in total. The monoisotopic (exact) mass is 215 g/mol. The van der Waals surface area contributed by atoms with Crippen molar-refractivity contribution in [2.45, 2.75) is 25.7 Å². The number of aromatic amines is 1. The number of nitrogens with one attached hydrogen (secondary N) is 2. The summed E-state index contributed by atoms with van der Waals surface area (Å²) in [5.41, 5.74) is -0.0940. The number of nitrogens with zero attached hydrogens (tertiary/aromatic N) is 1. The Labute approximate surface area is 87.3 Å². The van der Waals surface area contributed by atoms with E-state index < -0.39 is 5.92 Å². The van der Waals surface area contributed by atoms with Crippen molar-refractivity contribution in [1.29, 1.82) is 0 Å². The molecule has 2 rings (SSSR count). The highest BCUT2D eigenvalue weighted by atomic mass is 19.3. The smallest absolute Gasteiger partial charge is 0.286 e. The van der Waals surface area contributed by atoms with E-state index in [2.05, 4.69) is 15.3 Å². The van der Waals surface area contributed by atoms with E-state index in [-0.39, 0.29) is 5.69 Å². The van der Waals surface area contributed by atoms with Crippen LogP contribution >= 0.6 is 0 Å². The first-order chi connectivity index (χ1) is 7.05. The molecule has 0 saturated carbocycles. The zero-order valence-corrected chi connectivity index (χ0v) is 8.69. The predicted octanol–water partition coefficient (Wildman–Crippen LogP) is 1.67. The summed E-state index contributed by atoms with van der Waals surface area (Å²) in [6.45, 7) is 2.85. The predicted molar refractivity (Wildman–Crippen MR) is 52.8 cm³/mol. The van der Waals surface area contributed by atoms with Gasteiger partial charge in [0.25, 0.3) is 5.92 Å². The molecule has 0 aromatic carbocycles. The molecule has 84 valence electrons. The highest BCUT2D eigenvalue weighted by Crippen LogP contribution is 2.25. The van der Waals surface area contributed by atoms with Crippen LogP contribution in [0.5, 0.6) is 0 Å². The summed E-state index contributed by atoms with van der Waals surface area (Å²) in [6.07, 6.45) is 3.08. The molecule has 3 nitrogen and oxygen atoms in total. The Bertz CT molecular complexity index is 324. The van der Waals surface area contributed by atoms with Crippen molar-refractivity contribution >= 4 is 0 Å². The van der Waals surface area contributed by atoms with Crippen LogP contribution in [0.2, 0.25) is 0 Å². The summed E-state index contributed by atoms with van der Waals surface area (Å²) in [5, 5.41) is 3.24. The molecule has 1 aliphatic heterocycles. The van der Waals surface area contributed by atoms with Crippen LogP contribution in [0.3, 0.4) is 0 Å². The summed E-state index contributed by atoms with van der Waals surface area (Å²) in [6, 6.07) is 0. The second-order valence-electron chi connectivity index (χ2n) is 4.19. The molecule has 1 unspecified atom stereocenters. The van der Waals surface area contributed by atoms with Gasteiger partial charge in [0.05, 0.1) is 6.20 Å². The molecule has 1 aromatic rings. The van der Waals surface area contributed by atoms with Gasteiger partial charge in [0.2, 0.25) is 0 Å². The van der Waals surface area contributed by atoms with Crippen molar-refractivity contribution in [1.82, 2.24) is 15.3 Å². The summed E-state index contributed by atoms with van der Waals surface area (Å²) in [4.78, 5) is 6.67. The van der Waals surface area contributed by atoms with Gasteiger partial charge in [-0.25, -0.2) is 4.98 Å². The number of hydrogen-bond acceptors (Lipinski definition) is 2. The molecule has 2 heterocycles. The lowest BCUT2D eigenvalue weighted by Crippen LogP contribution is -2.12. The SMILES string of the molecule is CC(F)(F)c1cnc(CC2CCNC2)[nH]1. The molecule has 0 aliphatic carbocycles. The van der Waals surface area contributed by atoms with Crippen LogP contribution in [-0.4, -0.2) is 23.1 Å². The molecule has 5 heteroatoms. The average Bonchev–Trinajstić information content (AvgIpc) is 2.73. The molecule has 1 aliphatic rings. The Kier molecular flexibility index (Phi) is 2.73. The highest BCUT2D eigenvalue weighted by Gasteiger charge is 2.27. The van der Waals surface area contributed by atoms with Crippen LogP contribution in [0.15, 0.2) is 6.20 Å². The maximum absolute atomic E-state index is 12.9. The van der Waals surface area contributed by atoms with Crippen molar-refractivity contribution in [3.63, 3.8) is 0 Å². The van der Waals surface area contributed by atoms with Crippen LogP contribution in [0.1, 0.15) is 24.9 Å². The highest BCUT2D eigenvalue weighted by molar-refractivity contribution is 5.07. The van der Waals surface area contributed by atoms with Crippen LogP contribution in [0, 0.1) is 5.92 Å². The van der Waals surface area contributed by atoms with E-state index in [0.29, 0.717) is 11.7 Å². The molecule has 1 atom stereocenters. The van der Waals surface area contributed by atoms with Gasteiger partial charge in [-0.2, -0.15) is 8.78 Å². The Morgan fingerprint density at radius 3 is 2.93 bits per heavy atom. The standard InChI is InChI=1S/C10H15F2N3/c1-10(11,12)8-6-14-9(15-8)4-7-2-3-13-5-7/h6-7,13H,2-5H2,1H3,(H,14,15). The molecule has 15 heavy (non-hydrogen) atoms. The molecule has 1 aromatic heterocycles. The van der Waals surface area contributed by atoms with Gasteiger partial charge in [0, 0.05) is 13.3 Å². The molecule has 0 spiro atoms. The minimum atomic E-state index is -2.82. The quantitative estimate of drug-likeness (QED) is 0.805. The third-order valence-electron chi connectivity index (χ3n) is 2.75. The lowest BCUT2D eigenvalue weighted by molar-refractivity contribution is 0.0131. The maximum atomic E-state index is 12.9. The Morgan fingerprint density at radius 1 is 1.60 bits per heavy atom. The van der Waals surface area contributed by atoms with Crippen LogP contribution in [-0.2, 0) is 12.3 Å². The van der Waals surface area contributed by atoms with Crippen LogP contribution < -0.4 is 5.32 Å². The fraction of sp³-hybridized carbons (Fsp3) is 0.700. The van der Waals surface area contributed by atoms with Crippen molar-refractivity contribution in [2.24, 2.45) is 5.92 Å². The Morgan fingerprint density at radius 2 is 2.40 bits per heavy atom. The number of aromatic nitrogens is 2. The zero-order chi connectivity index (χ0) is 10.9. The van der Waals surface area contributed by atoms with Gasteiger partial charge in [-0.05, 0) is 25.4 Å². The Hall–Kier alpha value is -0.970. The van der Waals surface area contributed by atoms with Gasteiger partial charge in [-0.3, -0.25) is 0 Å². The van der Waals surface area contributed by atoms with Gasteiger partial charge in [-0.1, -0.05) is 0 Å². The van der Waals surface area contributed by atoms with E-state index in [4.69, 9.17) is 0 Å². The first-order valence-electron chi connectivity index (χ1n) is 5.18.